The zero-order valence-corrected chi connectivity index (χ0v) is 21.7. The van der Waals surface area contributed by atoms with Crippen molar-refractivity contribution in [3.05, 3.63) is 130 Å². The highest BCUT2D eigenvalue weighted by molar-refractivity contribution is 6.25. The van der Waals surface area contributed by atoms with Crippen molar-refractivity contribution in [2.45, 2.75) is 32.1 Å². The molecule has 0 spiro atoms. The van der Waals surface area contributed by atoms with E-state index >= 15 is 0 Å². The molecular weight excluding hydrogens is 468 g/mol. The van der Waals surface area contributed by atoms with E-state index in [1.54, 1.807) is 0 Å². The van der Waals surface area contributed by atoms with E-state index in [0.717, 1.165) is 39.1 Å². The Morgan fingerprint density at radius 3 is 1.97 bits per heavy atom. The molecule has 4 heteroatoms. The second kappa shape index (κ2) is 8.09. The third-order valence-corrected chi connectivity index (χ3v) is 8.74. The van der Waals surface area contributed by atoms with Gasteiger partial charge in [0.1, 0.15) is 0 Å². The van der Waals surface area contributed by atoms with Gasteiger partial charge >= 0.3 is 0 Å². The second-order valence-corrected chi connectivity index (χ2v) is 10.9. The third-order valence-electron chi connectivity index (χ3n) is 8.74. The molecule has 2 bridgehead atoms. The Kier molecular flexibility index (Phi) is 4.87. The molecule has 0 aromatic heterocycles. The molecular formula is C34H28N2O2. The molecule has 2 atom stereocenters. The van der Waals surface area contributed by atoms with Gasteiger partial charge in [-0.15, -0.1) is 0 Å². The van der Waals surface area contributed by atoms with Crippen molar-refractivity contribution in [3.8, 4) is 0 Å². The summed E-state index contributed by atoms with van der Waals surface area (Å²) in [6, 6.07) is 30.5. The Balaban J connectivity index is 1.50. The predicted octanol–water partition coefficient (Wildman–Crippen LogP) is 6.57. The summed E-state index contributed by atoms with van der Waals surface area (Å²) in [5.41, 5.74) is 8.38. The van der Waals surface area contributed by atoms with Crippen LogP contribution in [-0.2, 0) is 15.0 Å². The highest BCUT2D eigenvalue weighted by Gasteiger charge is 2.67. The maximum Gasteiger partial charge on any atom is 0.239 e. The lowest BCUT2D eigenvalue weighted by Gasteiger charge is -2.52. The first-order valence-electron chi connectivity index (χ1n) is 13.2. The van der Waals surface area contributed by atoms with Crippen LogP contribution < -0.4 is 4.90 Å². The quantitative estimate of drug-likeness (QED) is 0.238. The average Bonchev–Trinajstić information content (AvgIpc) is 3.19. The fraction of sp³-hybridized carbons (Fsp3) is 0.206. The molecule has 38 heavy (non-hydrogen) atoms. The standard InChI is InChI=1S/C34H28N2O2/c1-20-12-15-23(16-13-20)36-32(37)30-29-24-8-4-6-10-26(24)34(31(30)33(36)38,27-11-7-5-9-25(27)29)19-35-28-17-14-21(2)18-22(28)3/h4-19,29-31H,1-3H3/t29?,30-,31+,34?/m0/s1. The van der Waals surface area contributed by atoms with Gasteiger partial charge in [0.2, 0.25) is 11.8 Å². The minimum atomic E-state index is -0.851. The van der Waals surface area contributed by atoms with Crippen LogP contribution in [0.2, 0.25) is 0 Å². The van der Waals surface area contributed by atoms with Crippen LogP contribution in [0.4, 0.5) is 11.4 Å². The van der Waals surface area contributed by atoms with Crippen LogP contribution in [0.25, 0.3) is 0 Å². The topological polar surface area (TPSA) is 49.7 Å². The first-order chi connectivity index (χ1) is 18.4. The molecule has 186 valence electrons. The lowest BCUT2D eigenvalue weighted by atomic mass is 9.47. The van der Waals surface area contributed by atoms with Gasteiger partial charge in [-0.3, -0.25) is 14.6 Å². The van der Waals surface area contributed by atoms with Gasteiger partial charge in [-0.2, -0.15) is 0 Å². The highest BCUT2D eigenvalue weighted by atomic mass is 16.2. The Hall–Kier alpha value is -4.31. The molecule has 4 aliphatic rings. The van der Waals surface area contributed by atoms with E-state index in [4.69, 9.17) is 4.99 Å². The highest BCUT2D eigenvalue weighted by Crippen LogP contribution is 2.63. The molecule has 4 aromatic rings. The first kappa shape index (κ1) is 22.9. The number of hydrogen-bond donors (Lipinski definition) is 0. The zero-order chi connectivity index (χ0) is 26.2. The van der Waals surface area contributed by atoms with Crippen LogP contribution in [0.1, 0.15) is 44.9 Å². The molecule has 1 aliphatic heterocycles. The van der Waals surface area contributed by atoms with Crippen molar-refractivity contribution in [1.82, 2.24) is 0 Å². The van der Waals surface area contributed by atoms with E-state index in [2.05, 4.69) is 50.2 Å². The number of carbonyl (C=O) groups is 2. The normalized spacial score (nSPS) is 25.0. The predicted molar refractivity (Wildman–Crippen MR) is 150 cm³/mol. The molecule has 0 unspecified atom stereocenters. The average molecular weight is 497 g/mol. The monoisotopic (exact) mass is 496 g/mol. The SMILES string of the molecule is Cc1ccc(N2C(=O)[C@H]3C4c5ccccc5C(C=Nc5ccc(C)cc5C)(c5ccccc54)[C@H]3C2=O)cc1. The zero-order valence-electron chi connectivity index (χ0n) is 21.7. The second-order valence-electron chi connectivity index (χ2n) is 10.9. The summed E-state index contributed by atoms with van der Waals surface area (Å²) >= 11 is 0. The van der Waals surface area contributed by atoms with E-state index in [-0.39, 0.29) is 17.7 Å². The molecule has 0 radical (unpaired) electrons. The van der Waals surface area contributed by atoms with Gasteiger partial charge in [0.25, 0.3) is 0 Å². The summed E-state index contributed by atoms with van der Waals surface area (Å²) in [7, 11) is 0. The number of aryl methyl sites for hydroxylation is 3. The molecule has 0 saturated carbocycles. The molecule has 3 aliphatic carbocycles. The number of anilines is 1. The van der Waals surface area contributed by atoms with Crippen molar-refractivity contribution < 1.29 is 9.59 Å². The van der Waals surface area contributed by atoms with Gasteiger partial charge in [-0.1, -0.05) is 83.9 Å². The maximum absolute atomic E-state index is 14.4. The van der Waals surface area contributed by atoms with Crippen LogP contribution in [-0.4, -0.2) is 18.0 Å². The molecule has 4 aromatic carbocycles. The largest absolute Gasteiger partial charge is 0.274 e. The molecule has 4 nitrogen and oxygen atoms in total. The molecule has 1 fully saturated rings. The lowest BCUT2D eigenvalue weighted by molar-refractivity contribution is -0.122. The summed E-state index contributed by atoms with van der Waals surface area (Å²) in [5.74, 6) is -1.50. The molecule has 1 heterocycles. The number of carbonyl (C=O) groups excluding carboxylic acids is 2. The lowest BCUT2D eigenvalue weighted by Crippen LogP contribution is -2.54. The minimum Gasteiger partial charge on any atom is -0.274 e. The van der Waals surface area contributed by atoms with Gasteiger partial charge in [0.15, 0.2) is 0 Å². The number of benzene rings is 4. The summed E-state index contributed by atoms with van der Waals surface area (Å²) in [6.07, 6.45) is 1.97. The van der Waals surface area contributed by atoms with Crippen molar-refractivity contribution in [1.29, 1.82) is 0 Å². The summed E-state index contributed by atoms with van der Waals surface area (Å²) in [4.78, 5) is 35.1. The Bertz CT molecular complexity index is 1620. The van der Waals surface area contributed by atoms with E-state index in [1.807, 2.05) is 67.7 Å². The maximum atomic E-state index is 14.4. The van der Waals surface area contributed by atoms with Crippen molar-refractivity contribution in [2.75, 3.05) is 4.90 Å². The van der Waals surface area contributed by atoms with Crippen molar-refractivity contribution in [3.63, 3.8) is 0 Å². The fourth-order valence-corrected chi connectivity index (χ4v) is 7.12. The number of nitrogens with zero attached hydrogens (tertiary/aromatic N) is 2. The van der Waals surface area contributed by atoms with E-state index in [0.29, 0.717) is 5.69 Å². The minimum absolute atomic E-state index is 0.123. The number of imide groups is 1. The van der Waals surface area contributed by atoms with Crippen LogP contribution in [0.5, 0.6) is 0 Å². The van der Waals surface area contributed by atoms with Crippen molar-refractivity contribution >= 4 is 29.4 Å². The number of rotatable bonds is 3. The number of hydrogen-bond acceptors (Lipinski definition) is 3. The van der Waals surface area contributed by atoms with Gasteiger partial charge in [-0.25, -0.2) is 4.90 Å². The molecule has 2 amide bonds. The van der Waals surface area contributed by atoms with E-state index < -0.39 is 17.3 Å². The Morgan fingerprint density at radius 1 is 0.737 bits per heavy atom. The van der Waals surface area contributed by atoms with E-state index in [1.165, 1.54) is 10.5 Å². The van der Waals surface area contributed by atoms with Crippen molar-refractivity contribution in [2.24, 2.45) is 16.8 Å². The summed E-state index contributed by atoms with van der Waals surface area (Å²) < 4.78 is 0. The number of amides is 2. The fourth-order valence-electron chi connectivity index (χ4n) is 7.12. The smallest absolute Gasteiger partial charge is 0.239 e. The summed E-state index contributed by atoms with van der Waals surface area (Å²) in [6.45, 7) is 6.13. The number of aliphatic imine (C=N–C) groups is 1. The third kappa shape index (κ3) is 2.94. The van der Waals surface area contributed by atoms with Gasteiger partial charge in [0.05, 0.1) is 28.6 Å². The van der Waals surface area contributed by atoms with Gasteiger partial charge < -0.3 is 0 Å². The molecule has 1 saturated heterocycles. The van der Waals surface area contributed by atoms with Gasteiger partial charge in [-0.05, 0) is 66.8 Å². The van der Waals surface area contributed by atoms with Crippen LogP contribution in [0, 0.1) is 32.6 Å². The summed E-state index contributed by atoms with van der Waals surface area (Å²) in [5, 5.41) is 0. The Labute approximate surface area is 222 Å². The van der Waals surface area contributed by atoms with Crippen LogP contribution >= 0.6 is 0 Å². The van der Waals surface area contributed by atoms with Crippen LogP contribution in [0.15, 0.2) is 96.0 Å². The molecule has 8 rings (SSSR count). The molecule has 0 N–H and O–H groups in total. The van der Waals surface area contributed by atoms with E-state index in [9.17, 15) is 9.59 Å². The van der Waals surface area contributed by atoms with Gasteiger partial charge in [0, 0.05) is 12.1 Å². The Morgan fingerprint density at radius 2 is 1.34 bits per heavy atom. The van der Waals surface area contributed by atoms with Crippen LogP contribution in [0.3, 0.4) is 0 Å². The first-order valence-corrected chi connectivity index (χ1v) is 13.2.